The van der Waals surface area contributed by atoms with Gasteiger partial charge in [-0.3, -0.25) is 9.59 Å². The van der Waals surface area contributed by atoms with E-state index in [4.69, 9.17) is 9.47 Å². The Hall–Kier alpha value is -3.00. The van der Waals surface area contributed by atoms with Gasteiger partial charge in [0.05, 0.1) is 19.3 Å². The molecule has 26 heavy (non-hydrogen) atoms. The van der Waals surface area contributed by atoms with Crippen LogP contribution in [0.3, 0.4) is 0 Å². The van der Waals surface area contributed by atoms with Crippen LogP contribution in [0.4, 0.5) is 0 Å². The number of fused-ring (bicyclic) bond motifs is 1. The topological polar surface area (TPSA) is 114 Å². The molecule has 2 unspecified atom stereocenters. The van der Waals surface area contributed by atoms with Crippen LogP contribution >= 0.6 is 0 Å². The lowest BCUT2D eigenvalue weighted by Crippen LogP contribution is -2.28. The fraction of sp³-hybridized carbons (Fsp3) is 0.333. The number of nitrogens with zero attached hydrogens (tertiary/aromatic N) is 2. The first-order chi connectivity index (χ1) is 12.5. The molecule has 1 aliphatic rings. The van der Waals surface area contributed by atoms with Gasteiger partial charge in [-0.15, -0.1) is 0 Å². The minimum Gasteiger partial charge on any atom is -0.465 e. The minimum absolute atomic E-state index is 0.00306. The van der Waals surface area contributed by atoms with Gasteiger partial charge in [0.25, 0.3) is 0 Å². The van der Waals surface area contributed by atoms with E-state index in [9.17, 15) is 14.7 Å². The van der Waals surface area contributed by atoms with Crippen LogP contribution in [0.2, 0.25) is 0 Å². The van der Waals surface area contributed by atoms with Crippen molar-refractivity contribution in [2.24, 2.45) is 10.9 Å². The molecule has 136 valence electrons. The fourth-order valence-corrected chi connectivity index (χ4v) is 2.61. The van der Waals surface area contributed by atoms with E-state index in [2.05, 4.69) is 15.0 Å². The number of Topliss-reactive ketones (excluding diaryl/α,β-unsaturated/α-hetero) is 1. The highest BCUT2D eigenvalue weighted by atomic mass is 16.5. The molecule has 0 radical (unpaired) electrons. The predicted molar refractivity (Wildman–Crippen MR) is 94.3 cm³/mol. The Bertz CT molecular complexity index is 899. The normalized spacial score (nSPS) is 21.3. The molecule has 2 aromatic heterocycles. The van der Waals surface area contributed by atoms with Gasteiger partial charge in [-0.05, 0) is 32.1 Å². The lowest BCUT2D eigenvalue weighted by Gasteiger charge is -2.08. The number of aliphatic hydroxyl groups is 1. The number of aromatic nitrogens is 2. The molecule has 2 aromatic rings. The maximum Gasteiger partial charge on any atom is 0.326 e. The number of carbonyl (C=O) groups excluding carboxylic acids is 2. The van der Waals surface area contributed by atoms with Crippen molar-refractivity contribution in [3.05, 3.63) is 35.8 Å². The van der Waals surface area contributed by atoms with Gasteiger partial charge < -0.3 is 19.6 Å². The molecule has 1 saturated heterocycles. The van der Waals surface area contributed by atoms with Gasteiger partial charge in [-0.2, -0.15) is 0 Å². The second-order valence-electron chi connectivity index (χ2n) is 5.80. The fourth-order valence-electron chi connectivity index (χ4n) is 2.61. The van der Waals surface area contributed by atoms with Gasteiger partial charge in [-0.25, -0.2) is 9.98 Å². The minimum atomic E-state index is -1.25. The van der Waals surface area contributed by atoms with Crippen LogP contribution in [0, 0.1) is 5.92 Å². The first kappa shape index (κ1) is 17.8. The first-order valence-corrected chi connectivity index (χ1v) is 8.26. The number of hydrogen-bond donors (Lipinski definition) is 2. The number of carbonyl (C=O) groups is 2. The summed E-state index contributed by atoms with van der Waals surface area (Å²) in [6.45, 7) is 3.21. The molecule has 3 heterocycles. The second kappa shape index (κ2) is 7.49. The van der Waals surface area contributed by atoms with Crippen molar-refractivity contribution < 1.29 is 24.2 Å². The Labute approximate surface area is 149 Å². The summed E-state index contributed by atoms with van der Waals surface area (Å²) in [5.41, 5.74) is 1.38. The van der Waals surface area contributed by atoms with E-state index in [0.29, 0.717) is 11.2 Å². The van der Waals surface area contributed by atoms with Gasteiger partial charge in [0.2, 0.25) is 11.7 Å². The number of esters is 1. The lowest BCUT2D eigenvalue weighted by atomic mass is 10.0. The van der Waals surface area contributed by atoms with Crippen molar-refractivity contribution >= 4 is 34.8 Å². The average molecular weight is 357 g/mol. The van der Waals surface area contributed by atoms with E-state index >= 15 is 0 Å². The zero-order valence-electron chi connectivity index (χ0n) is 14.4. The maximum atomic E-state index is 12.7. The molecule has 8 heteroatoms. The monoisotopic (exact) mass is 357 g/mol. The number of ketones is 1. The van der Waals surface area contributed by atoms with Gasteiger partial charge in [0.15, 0.2) is 11.7 Å². The molecule has 0 aliphatic carbocycles. The summed E-state index contributed by atoms with van der Waals surface area (Å²) in [5.74, 6) is -2.55. The quantitative estimate of drug-likeness (QED) is 0.476. The molecule has 0 aromatic carbocycles. The summed E-state index contributed by atoms with van der Waals surface area (Å²) >= 11 is 0. The van der Waals surface area contributed by atoms with Crippen molar-refractivity contribution in [2.75, 3.05) is 13.2 Å². The predicted octanol–water partition coefficient (Wildman–Crippen LogP) is 1.46. The average Bonchev–Trinajstić information content (AvgIpc) is 3.17. The Morgan fingerprint density at radius 2 is 2.38 bits per heavy atom. The van der Waals surface area contributed by atoms with E-state index in [0.717, 1.165) is 5.39 Å². The zero-order chi connectivity index (χ0) is 18.7. The van der Waals surface area contributed by atoms with Gasteiger partial charge in [0.1, 0.15) is 5.65 Å². The number of aliphatic imine (C=N–C) groups is 1. The highest BCUT2D eigenvalue weighted by molar-refractivity contribution is 6.27. The standard InChI is InChI=1S/C18H19N3O5/c1-3-25-18(24)14-15(23)13(26-17(14)21-10(2)9-22)7-11-8-20-16-12(11)5-4-6-19-16/h4-8,10,14,22H,3,9H2,1-2H3,(H,19,20)/b13-7-,21-17?. The molecular weight excluding hydrogens is 338 g/mol. The van der Waals surface area contributed by atoms with Crippen LogP contribution in [-0.2, 0) is 19.1 Å². The first-order valence-electron chi connectivity index (χ1n) is 8.26. The number of aliphatic hydroxyl groups excluding tert-OH is 1. The molecule has 2 N–H and O–H groups in total. The zero-order valence-corrected chi connectivity index (χ0v) is 14.4. The third-order valence-electron chi connectivity index (χ3n) is 3.87. The van der Waals surface area contributed by atoms with Crippen molar-refractivity contribution in [1.82, 2.24) is 9.97 Å². The molecule has 8 nitrogen and oxygen atoms in total. The number of nitrogens with one attached hydrogen (secondary N) is 1. The highest BCUT2D eigenvalue weighted by Gasteiger charge is 2.44. The lowest BCUT2D eigenvalue weighted by molar-refractivity contribution is -0.147. The van der Waals surface area contributed by atoms with E-state index in [1.165, 1.54) is 0 Å². The molecule has 0 bridgehead atoms. The number of allylic oxidation sites excluding steroid dienone is 1. The van der Waals surface area contributed by atoms with Crippen molar-refractivity contribution in [3.63, 3.8) is 0 Å². The summed E-state index contributed by atoms with van der Waals surface area (Å²) in [6.07, 6.45) is 4.90. The van der Waals surface area contributed by atoms with Crippen LogP contribution in [0.5, 0.6) is 0 Å². The smallest absolute Gasteiger partial charge is 0.326 e. The third kappa shape index (κ3) is 3.36. The van der Waals surface area contributed by atoms with E-state index in [1.54, 1.807) is 38.4 Å². The van der Waals surface area contributed by atoms with Crippen LogP contribution in [-0.4, -0.2) is 52.0 Å². The maximum absolute atomic E-state index is 12.7. The van der Waals surface area contributed by atoms with Crippen molar-refractivity contribution in [2.45, 2.75) is 19.9 Å². The molecule has 0 amide bonds. The van der Waals surface area contributed by atoms with Gasteiger partial charge in [-0.1, -0.05) is 0 Å². The number of hydrogen-bond acceptors (Lipinski definition) is 7. The molecule has 0 saturated carbocycles. The van der Waals surface area contributed by atoms with Crippen molar-refractivity contribution in [1.29, 1.82) is 0 Å². The van der Waals surface area contributed by atoms with Gasteiger partial charge in [0, 0.05) is 23.3 Å². The largest absolute Gasteiger partial charge is 0.465 e. The SMILES string of the molecule is CCOC(=O)C1C(=O)/C(=C/c2c[nH]c3ncccc23)OC1=NC(C)CO. The molecule has 2 atom stereocenters. The van der Waals surface area contributed by atoms with Crippen LogP contribution in [0.25, 0.3) is 17.1 Å². The van der Waals surface area contributed by atoms with E-state index in [1.807, 2.05) is 6.07 Å². The number of ether oxygens (including phenoxy) is 2. The molecule has 3 rings (SSSR count). The van der Waals surface area contributed by atoms with Crippen LogP contribution in [0.1, 0.15) is 19.4 Å². The summed E-state index contributed by atoms with van der Waals surface area (Å²) in [6, 6.07) is 3.13. The van der Waals surface area contributed by atoms with E-state index in [-0.39, 0.29) is 24.9 Å². The van der Waals surface area contributed by atoms with Crippen molar-refractivity contribution in [3.8, 4) is 0 Å². The Balaban J connectivity index is 1.99. The number of aromatic amines is 1. The Morgan fingerprint density at radius 3 is 3.12 bits per heavy atom. The number of rotatable bonds is 5. The summed E-state index contributed by atoms with van der Waals surface area (Å²) in [5, 5.41) is 10.0. The Kier molecular flexibility index (Phi) is 5.13. The highest BCUT2D eigenvalue weighted by Crippen LogP contribution is 2.27. The second-order valence-corrected chi connectivity index (χ2v) is 5.80. The molecule has 1 aliphatic heterocycles. The van der Waals surface area contributed by atoms with E-state index < -0.39 is 23.7 Å². The van der Waals surface area contributed by atoms with Crippen LogP contribution in [0.15, 0.2) is 35.3 Å². The van der Waals surface area contributed by atoms with Crippen LogP contribution < -0.4 is 0 Å². The molecule has 1 fully saturated rings. The number of H-pyrrole nitrogens is 1. The summed E-state index contributed by atoms with van der Waals surface area (Å²) < 4.78 is 10.5. The third-order valence-corrected chi connectivity index (χ3v) is 3.87. The van der Waals surface area contributed by atoms with Gasteiger partial charge >= 0.3 is 5.97 Å². The number of pyridine rings is 1. The molecular formula is C18H19N3O5. The summed E-state index contributed by atoms with van der Waals surface area (Å²) in [7, 11) is 0. The molecule has 0 spiro atoms. The summed E-state index contributed by atoms with van der Waals surface area (Å²) in [4.78, 5) is 36.2. The Morgan fingerprint density at radius 1 is 1.58 bits per heavy atom.